The van der Waals surface area contributed by atoms with Crippen LogP contribution in [0, 0.1) is 41.7 Å². The first-order valence-electron chi connectivity index (χ1n) is 0. The van der Waals surface area contributed by atoms with Crippen LogP contribution in [-0.2, 0) is 16.8 Å². The second kappa shape index (κ2) is 16.5. The Bertz CT molecular complexity index is 8.00. The molecule has 0 aliphatic heterocycles. The average molecular weight is 349 g/mol. The van der Waals surface area contributed by atoms with Gasteiger partial charge in [-0.1, -0.05) is 0 Å². The number of hydrogen-bond acceptors (Lipinski definition) is 0. The summed E-state index contributed by atoms with van der Waals surface area (Å²) in [5.74, 6) is 0. The molecule has 0 heterocycles. The van der Waals surface area contributed by atoms with Gasteiger partial charge in [-0.3, -0.25) is 0 Å². The standard InChI is InChI=1S/Ce.Co.P.Sn. The minimum Gasteiger partial charge on any atom is 0 e. The predicted octanol–water partition coefficient (Wildman–Crippen LogP) is 0.478. The summed E-state index contributed by atoms with van der Waals surface area (Å²) in [6.45, 7) is 0. The first kappa shape index (κ1) is 27.4. The van der Waals surface area contributed by atoms with E-state index in [2.05, 4.69) is 0 Å². The summed E-state index contributed by atoms with van der Waals surface area (Å²) < 4.78 is 0. The molecule has 0 fully saturated rings. The van der Waals surface area contributed by atoms with Crippen molar-refractivity contribution in [3.05, 3.63) is 0 Å². The zero-order valence-corrected chi connectivity index (χ0v) is 9.71. The molecule has 0 aliphatic carbocycles. The van der Waals surface area contributed by atoms with Gasteiger partial charge in [-0.25, -0.2) is 0 Å². The molecule has 0 aromatic carbocycles. The fraction of sp³-hybridized carbons (Fsp3) is 0. The number of hydrogen-bond donors (Lipinski definition) is 0. The van der Waals surface area contributed by atoms with E-state index >= 15 is 0 Å². The van der Waals surface area contributed by atoms with Gasteiger partial charge in [0.05, 0.1) is 0 Å². The smallest absolute Gasteiger partial charge is 0 e. The van der Waals surface area contributed by atoms with Gasteiger partial charge in [0.2, 0.25) is 0 Å². The number of rotatable bonds is 0. The molecular formula is CeCoPSn. The molecule has 0 unspecified atom stereocenters. The van der Waals surface area contributed by atoms with Crippen molar-refractivity contribution in [3.8, 4) is 0 Å². The van der Waals surface area contributed by atoms with Crippen LogP contribution < -0.4 is 0 Å². The normalized spacial score (nSPS) is 0. The Kier molecular flexibility index (Phi) is 113. The quantitative estimate of drug-likeness (QED) is 0.441. The molecule has 0 bridgehead atoms. The third-order valence-electron chi connectivity index (χ3n) is 0. The molecule has 4 heavy (non-hydrogen) atoms. The molecule has 22 valence electrons. The van der Waals surface area contributed by atoms with Gasteiger partial charge in [-0.15, -0.1) is 0 Å². The largest absolute Gasteiger partial charge is 0 e. The summed E-state index contributed by atoms with van der Waals surface area (Å²) in [6.07, 6.45) is 0. The molecule has 0 aromatic heterocycles. The molecule has 0 amide bonds. The zero-order chi connectivity index (χ0) is 0. The third-order valence-corrected chi connectivity index (χ3v) is 0. The first-order chi connectivity index (χ1) is 0. The van der Waals surface area contributed by atoms with Crippen LogP contribution in [0.2, 0.25) is 0 Å². The van der Waals surface area contributed by atoms with Crippen molar-refractivity contribution in [1.29, 1.82) is 0 Å². The fourth-order valence-corrected chi connectivity index (χ4v) is 0. The second-order valence-corrected chi connectivity index (χ2v) is 0. The van der Waals surface area contributed by atoms with E-state index < -0.39 is 0 Å². The first-order valence-corrected chi connectivity index (χ1v) is 0. The van der Waals surface area contributed by atoms with E-state index in [-0.39, 0.29) is 92.3 Å². The molecule has 0 atom stereocenters. The predicted molar refractivity (Wildman–Crippen MR) is 12.7 cm³/mol. The summed E-state index contributed by atoms with van der Waals surface area (Å²) in [5, 5.41) is 0. The van der Waals surface area contributed by atoms with Crippen LogP contribution in [0.3, 0.4) is 0 Å². The van der Waals surface area contributed by atoms with Crippen LogP contribution >= 0.6 is 9.90 Å². The van der Waals surface area contributed by atoms with Crippen LogP contribution in [0.5, 0.6) is 0 Å². The van der Waals surface area contributed by atoms with Crippen molar-refractivity contribution in [2.45, 2.75) is 0 Å². The van der Waals surface area contributed by atoms with Gasteiger partial charge in [0.25, 0.3) is 0 Å². The van der Waals surface area contributed by atoms with Crippen molar-refractivity contribution in [2.24, 2.45) is 0 Å². The minimum absolute atomic E-state index is 0. The maximum absolute atomic E-state index is 0. The molecule has 0 spiro atoms. The molecule has 0 N–H and O–H groups in total. The van der Waals surface area contributed by atoms with E-state index in [9.17, 15) is 0 Å². The van der Waals surface area contributed by atoms with Crippen LogP contribution in [0.15, 0.2) is 0 Å². The SMILES string of the molecule is [Ce].[Co].[P].[Sn]. The Morgan fingerprint density at radius 1 is 1.00 bits per heavy atom. The van der Waals surface area contributed by atoms with E-state index in [0.29, 0.717) is 0 Å². The summed E-state index contributed by atoms with van der Waals surface area (Å²) in [7, 11) is 0. The molecule has 0 aliphatic rings. The third kappa shape index (κ3) is 8.93. The van der Waals surface area contributed by atoms with Gasteiger partial charge in [-0.05, 0) is 0 Å². The van der Waals surface area contributed by atoms with E-state index in [4.69, 9.17) is 0 Å². The Balaban J connectivity index is 0. The van der Waals surface area contributed by atoms with Gasteiger partial charge in [-0.2, -0.15) is 0 Å². The van der Waals surface area contributed by atoms with Crippen molar-refractivity contribution < 1.29 is 58.5 Å². The van der Waals surface area contributed by atoms with E-state index in [0.717, 1.165) is 0 Å². The fourth-order valence-electron chi connectivity index (χ4n) is 0. The van der Waals surface area contributed by atoms with E-state index in [1.54, 1.807) is 0 Å². The van der Waals surface area contributed by atoms with Crippen LogP contribution in [0.25, 0.3) is 0 Å². The molecule has 0 saturated heterocycles. The van der Waals surface area contributed by atoms with Gasteiger partial charge < -0.3 is 0 Å². The summed E-state index contributed by atoms with van der Waals surface area (Å²) in [6, 6.07) is 0. The van der Waals surface area contributed by atoms with E-state index in [1.807, 2.05) is 0 Å². The molecule has 4 heteroatoms. The van der Waals surface area contributed by atoms with Gasteiger partial charge >= 0.3 is 0 Å². The second-order valence-electron chi connectivity index (χ2n) is 0. The summed E-state index contributed by atoms with van der Waals surface area (Å²) in [5.41, 5.74) is 0. The summed E-state index contributed by atoms with van der Waals surface area (Å²) in [4.78, 5) is 0. The van der Waals surface area contributed by atoms with E-state index in [1.165, 1.54) is 0 Å². The average Bonchev–Trinajstić information content (AvgIpc) is 0. The minimum atomic E-state index is 0. The molecule has 8 radical (unpaired) electrons. The van der Waals surface area contributed by atoms with Gasteiger partial charge in [0, 0.05) is 92.3 Å². The maximum atomic E-state index is 0. The Hall–Kier alpha value is 3.11. The molecule has 0 saturated carbocycles. The summed E-state index contributed by atoms with van der Waals surface area (Å²) >= 11 is 0. The van der Waals surface area contributed by atoms with Crippen molar-refractivity contribution in [1.82, 2.24) is 0 Å². The van der Waals surface area contributed by atoms with Gasteiger partial charge in [0.15, 0.2) is 0 Å². The van der Waals surface area contributed by atoms with Gasteiger partial charge in [0.1, 0.15) is 0 Å². The van der Waals surface area contributed by atoms with Crippen LogP contribution in [-0.4, -0.2) is 23.9 Å². The Morgan fingerprint density at radius 3 is 1.00 bits per heavy atom. The van der Waals surface area contributed by atoms with Crippen molar-refractivity contribution in [2.75, 3.05) is 0 Å². The topological polar surface area (TPSA) is 0 Å². The van der Waals surface area contributed by atoms with Crippen molar-refractivity contribution in [3.63, 3.8) is 0 Å². The Morgan fingerprint density at radius 2 is 1.00 bits per heavy atom. The molecule has 0 nitrogen and oxygen atoms in total. The molecule has 0 rings (SSSR count). The van der Waals surface area contributed by atoms with Crippen molar-refractivity contribution >= 4 is 33.8 Å². The zero-order valence-electron chi connectivity index (χ0n) is 1.78. The van der Waals surface area contributed by atoms with Crippen LogP contribution in [0.1, 0.15) is 0 Å². The maximum Gasteiger partial charge on any atom is 0 e. The molecular weight excluding hydrogens is 349 g/mol. The van der Waals surface area contributed by atoms with Crippen LogP contribution in [0.4, 0.5) is 0 Å². The monoisotopic (exact) mass is 350 g/mol. The Labute approximate surface area is 90.4 Å². The molecule has 0 aromatic rings.